The minimum absolute atomic E-state index is 0.249. The lowest BCUT2D eigenvalue weighted by Crippen LogP contribution is -2.30. The summed E-state index contributed by atoms with van der Waals surface area (Å²) in [6, 6.07) is 10.7. The molecular weight excluding hydrogens is 196 g/mol. The van der Waals surface area contributed by atoms with Crippen LogP contribution in [0.15, 0.2) is 30.3 Å². The maximum atomic E-state index is 6.38. The highest BCUT2D eigenvalue weighted by Crippen LogP contribution is 2.46. The van der Waals surface area contributed by atoms with E-state index in [1.165, 1.54) is 50.5 Å². The maximum absolute atomic E-state index is 6.38. The predicted octanol–water partition coefficient (Wildman–Crippen LogP) is 4.24. The third-order valence-corrected chi connectivity index (χ3v) is 4.19. The van der Waals surface area contributed by atoms with E-state index in [0.717, 1.165) is 0 Å². The van der Waals surface area contributed by atoms with Gasteiger partial charge in [-0.3, -0.25) is 0 Å². The molecule has 1 saturated carbocycles. The minimum atomic E-state index is 0.249. The molecule has 1 atom stereocenters. The summed E-state index contributed by atoms with van der Waals surface area (Å²) in [6.07, 6.45) is 9.55. The first-order valence-electron chi connectivity index (χ1n) is 6.61. The third-order valence-electron chi connectivity index (χ3n) is 4.19. The van der Waals surface area contributed by atoms with E-state index in [4.69, 9.17) is 4.74 Å². The van der Waals surface area contributed by atoms with Crippen LogP contribution in [-0.4, -0.2) is 5.60 Å². The Morgan fingerprint density at radius 1 is 0.938 bits per heavy atom. The van der Waals surface area contributed by atoms with Crippen LogP contribution in [0.1, 0.15) is 56.6 Å². The molecule has 2 aliphatic rings. The molecule has 2 fully saturated rings. The minimum Gasteiger partial charge on any atom is -0.367 e. The zero-order valence-electron chi connectivity index (χ0n) is 9.82. The van der Waals surface area contributed by atoms with Gasteiger partial charge < -0.3 is 4.74 Å². The molecule has 1 aliphatic carbocycles. The summed E-state index contributed by atoms with van der Waals surface area (Å²) in [5.74, 6) is 0. The largest absolute Gasteiger partial charge is 0.367 e. The lowest BCUT2D eigenvalue weighted by atomic mass is 9.83. The first-order chi connectivity index (χ1) is 7.88. The molecular formula is C15H20O. The molecule has 1 aromatic carbocycles. The van der Waals surface area contributed by atoms with Gasteiger partial charge in [-0.1, -0.05) is 49.6 Å². The topological polar surface area (TPSA) is 9.23 Å². The van der Waals surface area contributed by atoms with Crippen LogP contribution in [0.4, 0.5) is 0 Å². The number of benzene rings is 1. The average Bonchev–Trinajstić information content (AvgIpc) is 2.75. The Morgan fingerprint density at radius 3 is 2.44 bits per heavy atom. The molecule has 1 aliphatic heterocycles. The van der Waals surface area contributed by atoms with Crippen LogP contribution in [-0.2, 0) is 4.74 Å². The van der Waals surface area contributed by atoms with E-state index in [9.17, 15) is 0 Å². The van der Waals surface area contributed by atoms with Crippen molar-refractivity contribution in [3.8, 4) is 0 Å². The van der Waals surface area contributed by atoms with Gasteiger partial charge in [-0.2, -0.15) is 0 Å². The molecule has 1 heteroatoms. The molecule has 3 rings (SSSR count). The molecule has 1 unspecified atom stereocenters. The van der Waals surface area contributed by atoms with Crippen molar-refractivity contribution in [3.05, 3.63) is 35.9 Å². The van der Waals surface area contributed by atoms with Gasteiger partial charge in [0, 0.05) is 0 Å². The average molecular weight is 216 g/mol. The van der Waals surface area contributed by atoms with Crippen molar-refractivity contribution in [2.75, 3.05) is 0 Å². The fraction of sp³-hybridized carbons (Fsp3) is 0.600. The molecule has 0 radical (unpaired) electrons. The third kappa shape index (κ3) is 1.89. The second-order valence-electron chi connectivity index (χ2n) is 5.30. The van der Waals surface area contributed by atoms with Crippen molar-refractivity contribution in [1.82, 2.24) is 0 Å². The molecule has 1 nitrogen and oxygen atoms in total. The van der Waals surface area contributed by atoms with Crippen molar-refractivity contribution in [2.24, 2.45) is 0 Å². The van der Waals surface area contributed by atoms with Gasteiger partial charge in [0.15, 0.2) is 0 Å². The summed E-state index contributed by atoms with van der Waals surface area (Å²) >= 11 is 0. The molecule has 1 spiro atoms. The smallest absolute Gasteiger partial charge is 0.0833 e. The Balaban J connectivity index is 1.73. The Hall–Kier alpha value is -0.820. The van der Waals surface area contributed by atoms with Gasteiger partial charge in [0.1, 0.15) is 0 Å². The van der Waals surface area contributed by atoms with Crippen LogP contribution in [0.2, 0.25) is 0 Å². The molecule has 0 N–H and O–H groups in total. The van der Waals surface area contributed by atoms with E-state index in [2.05, 4.69) is 30.3 Å². The highest BCUT2D eigenvalue weighted by atomic mass is 16.5. The standard InChI is InChI=1S/C15H20O/c1-3-7-13(8-4-1)14-9-12-15(16-14)10-5-2-6-11-15/h1,3-4,7-8,14H,2,5-6,9-12H2. The van der Waals surface area contributed by atoms with Gasteiger partial charge in [-0.15, -0.1) is 0 Å². The monoisotopic (exact) mass is 216 g/mol. The van der Waals surface area contributed by atoms with Crippen molar-refractivity contribution in [2.45, 2.75) is 56.7 Å². The molecule has 1 saturated heterocycles. The Kier molecular flexibility index (Phi) is 2.72. The number of hydrogen-bond donors (Lipinski definition) is 0. The van der Waals surface area contributed by atoms with E-state index in [-0.39, 0.29) is 5.60 Å². The van der Waals surface area contributed by atoms with E-state index in [1.54, 1.807) is 0 Å². The Labute approximate surface area is 97.8 Å². The molecule has 0 aromatic heterocycles. The second kappa shape index (κ2) is 4.21. The lowest BCUT2D eigenvalue weighted by molar-refractivity contribution is -0.0648. The predicted molar refractivity (Wildman–Crippen MR) is 65.3 cm³/mol. The molecule has 1 aromatic rings. The molecule has 0 bridgehead atoms. The zero-order chi connectivity index (χ0) is 10.8. The summed E-state index contributed by atoms with van der Waals surface area (Å²) in [7, 11) is 0. The molecule has 16 heavy (non-hydrogen) atoms. The molecule has 0 amide bonds. The van der Waals surface area contributed by atoms with Crippen molar-refractivity contribution in [3.63, 3.8) is 0 Å². The SMILES string of the molecule is c1ccc(C2CCC3(CCCCC3)O2)cc1. The quantitative estimate of drug-likeness (QED) is 0.682. The summed E-state index contributed by atoms with van der Waals surface area (Å²) < 4.78 is 6.38. The van der Waals surface area contributed by atoms with Gasteiger partial charge in [0.25, 0.3) is 0 Å². The maximum Gasteiger partial charge on any atom is 0.0833 e. The van der Waals surface area contributed by atoms with Crippen LogP contribution in [0.25, 0.3) is 0 Å². The van der Waals surface area contributed by atoms with Crippen molar-refractivity contribution < 1.29 is 4.74 Å². The normalized spacial score (nSPS) is 28.4. The Bertz CT molecular complexity index is 338. The summed E-state index contributed by atoms with van der Waals surface area (Å²) in [5.41, 5.74) is 1.61. The summed E-state index contributed by atoms with van der Waals surface area (Å²) in [6.45, 7) is 0. The first-order valence-corrected chi connectivity index (χ1v) is 6.61. The molecule has 86 valence electrons. The number of rotatable bonds is 1. The fourth-order valence-corrected chi connectivity index (χ4v) is 3.28. The van der Waals surface area contributed by atoms with Crippen LogP contribution < -0.4 is 0 Å². The highest BCUT2D eigenvalue weighted by Gasteiger charge is 2.41. The summed E-state index contributed by atoms with van der Waals surface area (Å²) in [5, 5.41) is 0. The van der Waals surface area contributed by atoms with Gasteiger partial charge in [0.05, 0.1) is 11.7 Å². The fourth-order valence-electron chi connectivity index (χ4n) is 3.28. The van der Waals surface area contributed by atoms with E-state index in [0.29, 0.717) is 6.10 Å². The first kappa shape index (κ1) is 10.3. The second-order valence-corrected chi connectivity index (χ2v) is 5.30. The van der Waals surface area contributed by atoms with E-state index in [1.807, 2.05) is 0 Å². The van der Waals surface area contributed by atoms with Gasteiger partial charge >= 0.3 is 0 Å². The van der Waals surface area contributed by atoms with Crippen LogP contribution in [0.3, 0.4) is 0 Å². The summed E-state index contributed by atoms with van der Waals surface area (Å²) in [4.78, 5) is 0. The molecule has 1 heterocycles. The van der Waals surface area contributed by atoms with Crippen LogP contribution >= 0.6 is 0 Å². The number of hydrogen-bond acceptors (Lipinski definition) is 1. The van der Waals surface area contributed by atoms with Crippen molar-refractivity contribution >= 4 is 0 Å². The zero-order valence-corrected chi connectivity index (χ0v) is 9.82. The van der Waals surface area contributed by atoms with Gasteiger partial charge in [-0.25, -0.2) is 0 Å². The lowest BCUT2D eigenvalue weighted by Gasteiger charge is -2.33. The van der Waals surface area contributed by atoms with Gasteiger partial charge in [-0.05, 0) is 31.2 Å². The number of ether oxygens (including phenoxy) is 1. The van der Waals surface area contributed by atoms with Crippen LogP contribution in [0, 0.1) is 0 Å². The van der Waals surface area contributed by atoms with Crippen LogP contribution in [0.5, 0.6) is 0 Å². The van der Waals surface area contributed by atoms with E-state index < -0.39 is 0 Å². The van der Waals surface area contributed by atoms with Gasteiger partial charge in [0.2, 0.25) is 0 Å². The van der Waals surface area contributed by atoms with Crippen molar-refractivity contribution in [1.29, 1.82) is 0 Å². The highest BCUT2D eigenvalue weighted by molar-refractivity contribution is 5.19. The Morgan fingerprint density at radius 2 is 1.69 bits per heavy atom. The van der Waals surface area contributed by atoms with E-state index >= 15 is 0 Å².